The van der Waals surface area contributed by atoms with E-state index in [1.54, 1.807) is 12.1 Å². The molecular formula is C21H23ClN4O2S. The van der Waals surface area contributed by atoms with Gasteiger partial charge in [0.25, 0.3) is 0 Å². The molecule has 3 aromatic rings. The van der Waals surface area contributed by atoms with Crippen LogP contribution in [0.5, 0.6) is 5.75 Å². The number of carbonyl (C=O) groups excluding carboxylic acids is 1. The average Bonchev–Trinajstić information content (AvgIpc) is 3.13. The maximum Gasteiger partial charge on any atom is 0.230 e. The van der Waals surface area contributed by atoms with Crippen LogP contribution in [0, 0.1) is 6.92 Å². The number of benzene rings is 2. The summed E-state index contributed by atoms with van der Waals surface area (Å²) in [4.78, 5) is 12.2. The molecule has 29 heavy (non-hydrogen) atoms. The van der Waals surface area contributed by atoms with Gasteiger partial charge in [0.1, 0.15) is 12.4 Å². The summed E-state index contributed by atoms with van der Waals surface area (Å²) in [6.07, 6.45) is 0. The third kappa shape index (κ3) is 6.24. The highest BCUT2D eigenvalue weighted by Crippen LogP contribution is 2.20. The van der Waals surface area contributed by atoms with Gasteiger partial charge in [0.2, 0.25) is 5.91 Å². The Kier molecular flexibility index (Phi) is 7.55. The van der Waals surface area contributed by atoms with Gasteiger partial charge in [-0.05, 0) is 43.7 Å². The molecule has 6 nitrogen and oxygen atoms in total. The smallest absolute Gasteiger partial charge is 0.230 e. The number of hydrogen-bond donors (Lipinski definition) is 1. The zero-order chi connectivity index (χ0) is 20.6. The Morgan fingerprint density at radius 1 is 1.14 bits per heavy atom. The van der Waals surface area contributed by atoms with Crippen LogP contribution in [-0.2, 0) is 24.5 Å². The predicted molar refractivity (Wildman–Crippen MR) is 115 cm³/mol. The van der Waals surface area contributed by atoms with Gasteiger partial charge >= 0.3 is 0 Å². The van der Waals surface area contributed by atoms with Crippen molar-refractivity contribution in [2.45, 2.75) is 38.7 Å². The molecule has 1 N–H and O–H groups in total. The van der Waals surface area contributed by atoms with Gasteiger partial charge in [0, 0.05) is 18.1 Å². The normalized spacial score (nSPS) is 10.7. The molecule has 0 atom stereocenters. The fourth-order valence-corrected chi connectivity index (χ4v) is 3.59. The largest absolute Gasteiger partial charge is 0.486 e. The van der Waals surface area contributed by atoms with E-state index in [-0.39, 0.29) is 11.7 Å². The standard InChI is InChI=1S/C21H23ClN4O2S/c1-3-26-19(13-28-18-10-8-17(22)9-11-18)24-25-21(26)29-14-20(27)23-12-16-6-4-15(2)5-7-16/h4-11H,3,12-14H2,1-2H3,(H,23,27). The number of ether oxygens (including phenoxy) is 1. The zero-order valence-corrected chi connectivity index (χ0v) is 18.0. The zero-order valence-electron chi connectivity index (χ0n) is 16.4. The molecule has 0 aliphatic rings. The molecule has 2 aromatic carbocycles. The SMILES string of the molecule is CCn1c(COc2ccc(Cl)cc2)nnc1SCC(=O)NCc1ccc(C)cc1. The average molecular weight is 431 g/mol. The number of nitrogens with one attached hydrogen (secondary N) is 1. The van der Waals surface area contributed by atoms with Crippen molar-refractivity contribution in [3.63, 3.8) is 0 Å². The second-order valence-electron chi connectivity index (χ2n) is 6.44. The summed E-state index contributed by atoms with van der Waals surface area (Å²) in [5.41, 5.74) is 2.28. The lowest BCUT2D eigenvalue weighted by Crippen LogP contribution is -2.24. The highest BCUT2D eigenvalue weighted by molar-refractivity contribution is 7.99. The van der Waals surface area contributed by atoms with E-state index in [0.717, 1.165) is 5.56 Å². The molecule has 0 saturated heterocycles. The number of amides is 1. The molecule has 152 valence electrons. The lowest BCUT2D eigenvalue weighted by Gasteiger charge is -2.09. The van der Waals surface area contributed by atoms with E-state index in [1.165, 1.54) is 17.3 Å². The van der Waals surface area contributed by atoms with Crippen LogP contribution in [-0.4, -0.2) is 26.4 Å². The van der Waals surface area contributed by atoms with Crippen LogP contribution in [0.4, 0.5) is 0 Å². The first-order valence-electron chi connectivity index (χ1n) is 9.30. The second kappa shape index (κ2) is 10.3. The monoisotopic (exact) mass is 430 g/mol. The first-order valence-corrected chi connectivity index (χ1v) is 10.7. The summed E-state index contributed by atoms with van der Waals surface area (Å²) < 4.78 is 7.71. The Balaban J connectivity index is 1.50. The third-order valence-electron chi connectivity index (χ3n) is 4.23. The minimum absolute atomic E-state index is 0.0415. The molecule has 1 heterocycles. The molecular weight excluding hydrogens is 408 g/mol. The fourth-order valence-electron chi connectivity index (χ4n) is 2.62. The Hall–Kier alpha value is -2.51. The number of thioether (sulfide) groups is 1. The van der Waals surface area contributed by atoms with Crippen molar-refractivity contribution in [2.75, 3.05) is 5.75 Å². The minimum atomic E-state index is -0.0415. The Bertz CT molecular complexity index is 942. The quantitative estimate of drug-likeness (QED) is 0.514. The lowest BCUT2D eigenvalue weighted by molar-refractivity contribution is -0.118. The summed E-state index contributed by atoms with van der Waals surface area (Å²) in [5.74, 6) is 1.66. The van der Waals surface area contributed by atoms with Gasteiger partial charge in [0.05, 0.1) is 5.75 Å². The van der Waals surface area contributed by atoms with Crippen LogP contribution in [0.2, 0.25) is 5.02 Å². The van der Waals surface area contributed by atoms with Crippen molar-refractivity contribution in [1.29, 1.82) is 0 Å². The van der Waals surface area contributed by atoms with Crippen molar-refractivity contribution in [3.8, 4) is 5.75 Å². The van der Waals surface area contributed by atoms with Crippen LogP contribution in [0.25, 0.3) is 0 Å². The van der Waals surface area contributed by atoms with Gasteiger partial charge < -0.3 is 14.6 Å². The van der Waals surface area contributed by atoms with Gasteiger partial charge in [-0.25, -0.2) is 0 Å². The van der Waals surface area contributed by atoms with Gasteiger partial charge in [0.15, 0.2) is 11.0 Å². The predicted octanol–water partition coefficient (Wildman–Crippen LogP) is 4.25. The van der Waals surface area contributed by atoms with Crippen LogP contribution in [0.15, 0.2) is 53.7 Å². The summed E-state index contributed by atoms with van der Waals surface area (Å²) in [7, 11) is 0. The van der Waals surface area contributed by atoms with Crippen molar-refractivity contribution < 1.29 is 9.53 Å². The van der Waals surface area contributed by atoms with Gasteiger partial charge in [-0.3, -0.25) is 4.79 Å². The van der Waals surface area contributed by atoms with E-state index in [1.807, 2.05) is 54.8 Å². The van der Waals surface area contributed by atoms with Crippen LogP contribution in [0.1, 0.15) is 23.9 Å². The molecule has 0 aliphatic carbocycles. The molecule has 0 spiro atoms. The molecule has 0 radical (unpaired) electrons. The van der Waals surface area contributed by atoms with Crippen LogP contribution >= 0.6 is 23.4 Å². The summed E-state index contributed by atoms with van der Waals surface area (Å²) >= 11 is 7.25. The number of halogens is 1. The lowest BCUT2D eigenvalue weighted by atomic mass is 10.1. The van der Waals surface area contributed by atoms with E-state index in [9.17, 15) is 4.79 Å². The van der Waals surface area contributed by atoms with Crippen LogP contribution < -0.4 is 10.1 Å². The number of hydrogen-bond acceptors (Lipinski definition) is 5. The number of carbonyl (C=O) groups is 1. The molecule has 0 aliphatic heterocycles. The Morgan fingerprint density at radius 2 is 1.86 bits per heavy atom. The van der Waals surface area contributed by atoms with Gasteiger partial charge in [-0.15, -0.1) is 10.2 Å². The van der Waals surface area contributed by atoms with Crippen molar-refractivity contribution in [3.05, 3.63) is 70.5 Å². The number of rotatable bonds is 9. The summed E-state index contributed by atoms with van der Waals surface area (Å²) in [6.45, 7) is 5.55. The van der Waals surface area contributed by atoms with E-state index < -0.39 is 0 Å². The Morgan fingerprint density at radius 3 is 2.55 bits per heavy atom. The van der Waals surface area contributed by atoms with Gasteiger partial charge in [-0.2, -0.15) is 0 Å². The molecule has 3 rings (SSSR count). The molecule has 0 unspecified atom stereocenters. The maximum atomic E-state index is 12.2. The minimum Gasteiger partial charge on any atom is -0.486 e. The topological polar surface area (TPSA) is 69.0 Å². The third-order valence-corrected chi connectivity index (χ3v) is 5.45. The fraction of sp³-hybridized carbons (Fsp3) is 0.286. The highest BCUT2D eigenvalue weighted by Gasteiger charge is 2.13. The first kappa shape index (κ1) is 21.2. The summed E-state index contributed by atoms with van der Waals surface area (Å²) in [6, 6.07) is 15.3. The number of nitrogens with zero attached hydrogens (tertiary/aromatic N) is 3. The van der Waals surface area contributed by atoms with Crippen molar-refractivity contribution in [1.82, 2.24) is 20.1 Å². The molecule has 1 amide bonds. The Labute approximate surface area is 179 Å². The molecule has 0 bridgehead atoms. The number of aryl methyl sites for hydroxylation is 1. The van der Waals surface area contributed by atoms with E-state index in [0.29, 0.717) is 41.4 Å². The second-order valence-corrected chi connectivity index (χ2v) is 7.82. The van der Waals surface area contributed by atoms with Crippen molar-refractivity contribution >= 4 is 29.3 Å². The first-order chi connectivity index (χ1) is 14.0. The number of aromatic nitrogens is 3. The van der Waals surface area contributed by atoms with E-state index in [2.05, 4.69) is 15.5 Å². The maximum absolute atomic E-state index is 12.2. The highest BCUT2D eigenvalue weighted by atomic mass is 35.5. The summed E-state index contributed by atoms with van der Waals surface area (Å²) in [5, 5.41) is 12.7. The van der Waals surface area contributed by atoms with E-state index in [4.69, 9.17) is 16.3 Å². The van der Waals surface area contributed by atoms with Crippen molar-refractivity contribution in [2.24, 2.45) is 0 Å². The van der Waals surface area contributed by atoms with Crippen LogP contribution in [0.3, 0.4) is 0 Å². The van der Waals surface area contributed by atoms with E-state index >= 15 is 0 Å². The molecule has 1 aromatic heterocycles. The molecule has 8 heteroatoms. The van der Waals surface area contributed by atoms with Gasteiger partial charge in [-0.1, -0.05) is 53.2 Å². The molecule has 0 fully saturated rings. The molecule has 0 saturated carbocycles.